The van der Waals surface area contributed by atoms with Crippen LogP contribution in [0.1, 0.15) is 56.6 Å². The van der Waals surface area contributed by atoms with Crippen molar-refractivity contribution < 1.29 is 4.79 Å². The van der Waals surface area contributed by atoms with Crippen molar-refractivity contribution in [3.05, 3.63) is 17.6 Å². The van der Waals surface area contributed by atoms with Crippen LogP contribution in [0, 0.1) is 0 Å². The summed E-state index contributed by atoms with van der Waals surface area (Å²) in [6.07, 6.45) is 3.39. The highest BCUT2D eigenvalue weighted by molar-refractivity contribution is 5.81. The number of H-pyrrole nitrogens is 1. The summed E-state index contributed by atoms with van der Waals surface area (Å²) in [5.74, 6) is 2.28. The Bertz CT molecular complexity index is 713. The number of nitrogens with zero attached hydrogens (tertiary/aromatic N) is 5. The lowest BCUT2D eigenvalue weighted by molar-refractivity contribution is -0.136. The Morgan fingerprint density at radius 1 is 1.36 bits per heavy atom. The minimum absolute atomic E-state index is 0.133. The van der Waals surface area contributed by atoms with Crippen LogP contribution in [0.5, 0.6) is 0 Å². The third kappa shape index (κ3) is 2.03. The van der Waals surface area contributed by atoms with Gasteiger partial charge in [0.1, 0.15) is 11.7 Å². The Morgan fingerprint density at radius 2 is 2.18 bits per heavy atom. The first kappa shape index (κ1) is 13.5. The molecule has 2 aromatic rings. The second-order valence-corrected chi connectivity index (χ2v) is 6.23. The van der Waals surface area contributed by atoms with Crippen LogP contribution in [0.3, 0.4) is 0 Å². The second kappa shape index (κ2) is 4.93. The monoisotopic (exact) mass is 300 g/mol. The SMILES string of the molecule is CCCN1Cc2nnc(-c3cc(C4CC4)[nH]n3)n2[C@H](C)C1=O. The molecule has 1 aliphatic heterocycles. The van der Waals surface area contributed by atoms with Gasteiger partial charge in [-0.1, -0.05) is 6.92 Å². The average molecular weight is 300 g/mol. The van der Waals surface area contributed by atoms with Gasteiger partial charge in [0.15, 0.2) is 11.6 Å². The fraction of sp³-hybridized carbons (Fsp3) is 0.600. The Labute approximate surface area is 128 Å². The van der Waals surface area contributed by atoms with Crippen molar-refractivity contribution in [2.45, 2.75) is 51.6 Å². The molecule has 1 saturated carbocycles. The quantitative estimate of drug-likeness (QED) is 0.934. The topological polar surface area (TPSA) is 79.7 Å². The molecule has 1 N–H and O–H groups in total. The molecule has 1 aliphatic carbocycles. The zero-order chi connectivity index (χ0) is 15.3. The van der Waals surface area contributed by atoms with Crippen molar-refractivity contribution in [3.63, 3.8) is 0 Å². The lowest BCUT2D eigenvalue weighted by Gasteiger charge is -2.31. The molecular formula is C15H20N6O. The molecule has 2 aromatic heterocycles. The maximum atomic E-state index is 12.5. The van der Waals surface area contributed by atoms with Crippen molar-refractivity contribution in [2.24, 2.45) is 0 Å². The molecule has 1 fully saturated rings. The first-order valence-electron chi connectivity index (χ1n) is 7.97. The van der Waals surface area contributed by atoms with E-state index in [0.29, 0.717) is 18.3 Å². The van der Waals surface area contributed by atoms with Crippen LogP contribution in [0.25, 0.3) is 11.5 Å². The van der Waals surface area contributed by atoms with E-state index in [-0.39, 0.29) is 11.9 Å². The van der Waals surface area contributed by atoms with Gasteiger partial charge in [-0.15, -0.1) is 10.2 Å². The van der Waals surface area contributed by atoms with E-state index in [4.69, 9.17) is 0 Å². The summed E-state index contributed by atoms with van der Waals surface area (Å²) in [4.78, 5) is 14.4. The predicted molar refractivity (Wildman–Crippen MR) is 80.0 cm³/mol. The van der Waals surface area contributed by atoms with Crippen molar-refractivity contribution in [2.75, 3.05) is 6.54 Å². The number of aromatic amines is 1. The third-order valence-electron chi connectivity index (χ3n) is 4.49. The van der Waals surface area contributed by atoms with E-state index in [1.165, 1.54) is 12.8 Å². The molecule has 7 heteroatoms. The van der Waals surface area contributed by atoms with Gasteiger partial charge in [-0.05, 0) is 32.3 Å². The smallest absolute Gasteiger partial charge is 0.245 e. The maximum absolute atomic E-state index is 12.5. The summed E-state index contributed by atoms with van der Waals surface area (Å²) in [7, 11) is 0. The van der Waals surface area contributed by atoms with Gasteiger partial charge >= 0.3 is 0 Å². The van der Waals surface area contributed by atoms with Crippen LogP contribution in [-0.2, 0) is 11.3 Å². The van der Waals surface area contributed by atoms with Crippen molar-refractivity contribution in [1.82, 2.24) is 29.9 Å². The van der Waals surface area contributed by atoms with Crippen LogP contribution in [-0.4, -0.2) is 42.3 Å². The van der Waals surface area contributed by atoms with Crippen LogP contribution < -0.4 is 0 Å². The zero-order valence-corrected chi connectivity index (χ0v) is 12.9. The number of amides is 1. The minimum atomic E-state index is -0.277. The van der Waals surface area contributed by atoms with E-state index in [1.807, 2.05) is 22.5 Å². The van der Waals surface area contributed by atoms with Gasteiger partial charge in [-0.2, -0.15) is 5.10 Å². The average Bonchev–Trinajstić information content (AvgIpc) is 3.09. The van der Waals surface area contributed by atoms with Crippen molar-refractivity contribution >= 4 is 5.91 Å². The number of rotatable bonds is 4. The number of aromatic nitrogens is 5. The molecule has 0 spiro atoms. The highest BCUT2D eigenvalue weighted by Gasteiger charge is 2.34. The molecule has 0 radical (unpaired) electrons. The Balaban J connectivity index is 1.70. The number of nitrogens with one attached hydrogen (secondary N) is 1. The summed E-state index contributed by atoms with van der Waals surface area (Å²) in [5, 5.41) is 16.0. The molecule has 1 amide bonds. The van der Waals surface area contributed by atoms with Crippen LogP contribution >= 0.6 is 0 Å². The normalized spacial score (nSPS) is 21.3. The van der Waals surface area contributed by atoms with E-state index in [9.17, 15) is 4.79 Å². The number of fused-ring (bicyclic) bond motifs is 1. The molecule has 7 nitrogen and oxygen atoms in total. The summed E-state index contributed by atoms with van der Waals surface area (Å²) < 4.78 is 1.93. The zero-order valence-electron chi connectivity index (χ0n) is 12.9. The fourth-order valence-electron chi connectivity index (χ4n) is 3.15. The van der Waals surface area contributed by atoms with Gasteiger partial charge in [0, 0.05) is 18.2 Å². The van der Waals surface area contributed by atoms with Gasteiger partial charge in [-0.25, -0.2) is 0 Å². The van der Waals surface area contributed by atoms with Gasteiger partial charge in [0.2, 0.25) is 5.91 Å². The Hall–Kier alpha value is -2.18. The highest BCUT2D eigenvalue weighted by Crippen LogP contribution is 2.40. The fourth-order valence-corrected chi connectivity index (χ4v) is 3.15. The summed E-state index contributed by atoms with van der Waals surface area (Å²) >= 11 is 0. The van der Waals surface area contributed by atoms with Gasteiger partial charge < -0.3 is 4.90 Å². The molecule has 1 atom stereocenters. The number of carbonyl (C=O) groups excluding carboxylic acids is 1. The number of hydrogen-bond acceptors (Lipinski definition) is 4. The van der Waals surface area contributed by atoms with E-state index >= 15 is 0 Å². The first-order chi connectivity index (χ1) is 10.7. The number of carbonyl (C=O) groups is 1. The lowest BCUT2D eigenvalue weighted by atomic mass is 10.2. The lowest BCUT2D eigenvalue weighted by Crippen LogP contribution is -2.42. The Morgan fingerprint density at radius 3 is 2.91 bits per heavy atom. The van der Waals surface area contributed by atoms with Crippen LogP contribution in [0.4, 0.5) is 0 Å². The maximum Gasteiger partial charge on any atom is 0.245 e. The van der Waals surface area contributed by atoms with Gasteiger partial charge in [0.25, 0.3) is 0 Å². The predicted octanol–water partition coefficient (Wildman–Crippen LogP) is 1.86. The molecule has 2 aliphatic rings. The molecule has 22 heavy (non-hydrogen) atoms. The van der Waals surface area contributed by atoms with Gasteiger partial charge in [0.05, 0.1) is 6.54 Å². The molecular weight excluding hydrogens is 280 g/mol. The standard InChI is InChI=1S/C15H20N6O/c1-3-6-20-8-13-18-19-14(21(13)9(2)15(20)22)12-7-11(16-17-12)10-4-5-10/h7,9-10H,3-6,8H2,1-2H3,(H,16,17)/t9-/m1/s1. The molecule has 3 heterocycles. The van der Waals surface area contributed by atoms with Crippen LogP contribution in [0.2, 0.25) is 0 Å². The minimum Gasteiger partial charge on any atom is -0.333 e. The molecule has 0 saturated heterocycles. The van der Waals surface area contributed by atoms with Crippen LogP contribution in [0.15, 0.2) is 6.07 Å². The molecule has 0 bridgehead atoms. The number of hydrogen-bond donors (Lipinski definition) is 1. The highest BCUT2D eigenvalue weighted by atomic mass is 16.2. The van der Waals surface area contributed by atoms with E-state index in [2.05, 4.69) is 27.3 Å². The molecule has 0 aromatic carbocycles. The molecule has 4 rings (SSSR count). The van der Waals surface area contributed by atoms with E-state index in [0.717, 1.165) is 30.2 Å². The van der Waals surface area contributed by atoms with E-state index in [1.54, 1.807) is 0 Å². The van der Waals surface area contributed by atoms with Gasteiger partial charge in [-0.3, -0.25) is 14.5 Å². The second-order valence-electron chi connectivity index (χ2n) is 6.23. The first-order valence-corrected chi connectivity index (χ1v) is 7.97. The summed E-state index contributed by atoms with van der Waals surface area (Å²) in [6.45, 7) is 5.28. The van der Waals surface area contributed by atoms with Crippen molar-refractivity contribution in [1.29, 1.82) is 0 Å². The largest absolute Gasteiger partial charge is 0.333 e. The summed E-state index contributed by atoms with van der Waals surface area (Å²) in [6, 6.07) is 1.77. The van der Waals surface area contributed by atoms with Crippen molar-refractivity contribution in [3.8, 4) is 11.5 Å². The third-order valence-corrected chi connectivity index (χ3v) is 4.49. The summed E-state index contributed by atoms with van der Waals surface area (Å²) in [5.41, 5.74) is 1.94. The molecule has 0 unspecified atom stereocenters. The molecule has 116 valence electrons. The Kier molecular flexibility index (Phi) is 3.02. The van der Waals surface area contributed by atoms with E-state index < -0.39 is 0 Å².